The Hall–Kier alpha value is -3.47. The predicted molar refractivity (Wildman–Crippen MR) is 111 cm³/mol. The first kappa shape index (κ1) is 20.3. The van der Waals surface area contributed by atoms with Crippen LogP contribution in [0.4, 0.5) is 0 Å². The summed E-state index contributed by atoms with van der Waals surface area (Å²) in [5, 5.41) is 4.78. The average molecular weight is 389 g/mol. The molecule has 1 N–H and O–H groups in total. The highest BCUT2D eigenvalue weighted by Gasteiger charge is 2.18. The van der Waals surface area contributed by atoms with Gasteiger partial charge in [0.25, 0.3) is 5.91 Å². The molecule has 0 aromatic heterocycles. The molecular weight excluding hydrogens is 366 g/mol. The maximum Gasteiger partial charge on any atom is 0.310 e. The minimum Gasteiger partial charge on any atom is -0.455 e. The number of hydrogen-bond donors (Lipinski definition) is 1. The Kier molecular flexibility index (Phi) is 6.74. The molecule has 0 fully saturated rings. The molecular formula is C24H23NO4. The van der Waals surface area contributed by atoms with Gasteiger partial charge in [-0.25, -0.2) is 0 Å². The van der Waals surface area contributed by atoms with E-state index in [0.29, 0.717) is 6.42 Å². The third-order valence-corrected chi connectivity index (χ3v) is 4.64. The van der Waals surface area contributed by atoms with Gasteiger partial charge in [0.15, 0.2) is 12.4 Å². The van der Waals surface area contributed by atoms with Gasteiger partial charge < -0.3 is 10.1 Å². The molecule has 0 heterocycles. The third kappa shape index (κ3) is 6.01. The summed E-state index contributed by atoms with van der Waals surface area (Å²) in [6, 6.07) is 22.4. The second-order valence-electron chi connectivity index (χ2n) is 6.94. The van der Waals surface area contributed by atoms with Gasteiger partial charge in [0, 0.05) is 0 Å². The number of rotatable bonds is 8. The van der Waals surface area contributed by atoms with E-state index < -0.39 is 24.5 Å². The fourth-order valence-corrected chi connectivity index (χ4v) is 3.09. The maximum atomic E-state index is 12.1. The predicted octanol–water partition coefficient (Wildman–Crippen LogP) is 3.24. The average Bonchev–Trinajstić information content (AvgIpc) is 2.72. The molecule has 0 bridgehead atoms. The van der Waals surface area contributed by atoms with Crippen LogP contribution in [0.15, 0.2) is 72.8 Å². The number of carbonyl (C=O) groups is 3. The third-order valence-electron chi connectivity index (χ3n) is 4.64. The molecule has 3 aromatic carbocycles. The summed E-state index contributed by atoms with van der Waals surface area (Å²) in [5.74, 6) is -1.13. The minimum atomic E-state index is -0.649. The van der Waals surface area contributed by atoms with E-state index in [-0.39, 0.29) is 12.2 Å². The lowest BCUT2D eigenvalue weighted by molar-refractivity contribution is -0.148. The van der Waals surface area contributed by atoms with Crippen LogP contribution in [0.25, 0.3) is 10.8 Å². The normalized spacial score (nSPS) is 11.6. The van der Waals surface area contributed by atoms with Crippen molar-refractivity contribution in [1.29, 1.82) is 0 Å². The van der Waals surface area contributed by atoms with Gasteiger partial charge in [-0.05, 0) is 35.2 Å². The van der Waals surface area contributed by atoms with Gasteiger partial charge in [-0.15, -0.1) is 0 Å². The number of Topliss-reactive ketones (excluding diaryl/α,β-unsaturated/α-hetero) is 1. The highest BCUT2D eigenvalue weighted by Crippen LogP contribution is 2.16. The Bertz CT molecular complexity index is 1010. The number of fused-ring (bicyclic) bond motifs is 1. The van der Waals surface area contributed by atoms with Crippen molar-refractivity contribution in [3.63, 3.8) is 0 Å². The van der Waals surface area contributed by atoms with Gasteiger partial charge >= 0.3 is 5.97 Å². The zero-order valence-corrected chi connectivity index (χ0v) is 16.3. The number of esters is 1. The van der Waals surface area contributed by atoms with E-state index in [1.165, 1.54) is 6.92 Å². The molecule has 0 radical (unpaired) electrons. The molecule has 3 aromatic rings. The molecule has 0 aliphatic heterocycles. The maximum absolute atomic E-state index is 12.1. The van der Waals surface area contributed by atoms with Crippen LogP contribution in [0.1, 0.15) is 18.1 Å². The minimum absolute atomic E-state index is 0.0816. The first-order chi connectivity index (χ1) is 14.0. The SMILES string of the molecule is CC(=O)[C@H](Cc1ccccc1)NC(=O)COC(=O)Cc1ccc2ccccc2c1. The summed E-state index contributed by atoms with van der Waals surface area (Å²) in [7, 11) is 0. The van der Waals surface area contributed by atoms with Gasteiger partial charge in [-0.1, -0.05) is 72.8 Å². The molecule has 0 unspecified atom stereocenters. The molecule has 5 heteroatoms. The van der Waals surface area contributed by atoms with Crippen molar-refractivity contribution < 1.29 is 19.1 Å². The van der Waals surface area contributed by atoms with Crippen molar-refractivity contribution in [2.24, 2.45) is 0 Å². The van der Waals surface area contributed by atoms with E-state index in [0.717, 1.165) is 21.9 Å². The number of nitrogens with one attached hydrogen (secondary N) is 1. The highest BCUT2D eigenvalue weighted by molar-refractivity contribution is 5.89. The number of hydrogen-bond acceptors (Lipinski definition) is 4. The van der Waals surface area contributed by atoms with Gasteiger partial charge in [-0.3, -0.25) is 14.4 Å². The van der Waals surface area contributed by atoms with Gasteiger partial charge in [0.05, 0.1) is 12.5 Å². The Morgan fingerprint density at radius 3 is 2.28 bits per heavy atom. The Balaban J connectivity index is 1.50. The van der Waals surface area contributed by atoms with E-state index >= 15 is 0 Å². The van der Waals surface area contributed by atoms with E-state index in [2.05, 4.69) is 5.32 Å². The molecule has 1 atom stereocenters. The van der Waals surface area contributed by atoms with Crippen molar-refractivity contribution in [3.05, 3.63) is 83.9 Å². The van der Waals surface area contributed by atoms with Crippen molar-refractivity contribution in [2.75, 3.05) is 6.61 Å². The van der Waals surface area contributed by atoms with Crippen LogP contribution >= 0.6 is 0 Å². The lowest BCUT2D eigenvalue weighted by atomic mass is 10.0. The van der Waals surface area contributed by atoms with E-state index in [1.807, 2.05) is 72.8 Å². The van der Waals surface area contributed by atoms with E-state index in [1.54, 1.807) is 0 Å². The van der Waals surface area contributed by atoms with Crippen LogP contribution in [0.5, 0.6) is 0 Å². The molecule has 0 spiro atoms. The first-order valence-corrected chi connectivity index (χ1v) is 9.48. The number of carbonyl (C=O) groups excluding carboxylic acids is 3. The number of ketones is 1. The first-order valence-electron chi connectivity index (χ1n) is 9.48. The van der Waals surface area contributed by atoms with Crippen LogP contribution in [-0.4, -0.2) is 30.3 Å². The summed E-state index contributed by atoms with van der Waals surface area (Å²) in [5.41, 5.74) is 1.76. The Morgan fingerprint density at radius 2 is 1.55 bits per heavy atom. The van der Waals surface area contributed by atoms with E-state index in [9.17, 15) is 14.4 Å². The molecule has 0 aliphatic rings. The Morgan fingerprint density at radius 1 is 0.862 bits per heavy atom. The van der Waals surface area contributed by atoms with Crippen molar-refractivity contribution in [1.82, 2.24) is 5.32 Å². The van der Waals surface area contributed by atoms with Crippen LogP contribution in [0.3, 0.4) is 0 Å². The number of ether oxygens (including phenoxy) is 1. The van der Waals surface area contributed by atoms with Gasteiger partial charge in [0.1, 0.15) is 0 Å². The lowest BCUT2D eigenvalue weighted by Gasteiger charge is -2.16. The standard InChI is InChI=1S/C24H23NO4/c1-17(26)22(14-18-7-3-2-4-8-18)25-23(27)16-29-24(28)15-19-11-12-20-9-5-6-10-21(20)13-19/h2-13,22H,14-16H2,1H3,(H,25,27)/t22-/m0/s1. The smallest absolute Gasteiger partial charge is 0.310 e. The fourth-order valence-electron chi connectivity index (χ4n) is 3.09. The van der Waals surface area contributed by atoms with Crippen LogP contribution in [0.2, 0.25) is 0 Å². The summed E-state index contributed by atoms with van der Waals surface area (Å²) < 4.78 is 5.09. The number of benzene rings is 3. The summed E-state index contributed by atoms with van der Waals surface area (Å²) in [4.78, 5) is 36.1. The molecule has 148 valence electrons. The molecule has 0 aliphatic carbocycles. The number of amides is 1. The topological polar surface area (TPSA) is 72.5 Å². The van der Waals surface area contributed by atoms with Crippen molar-refractivity contribution >= 4 is 28.4 Å². The van der Waals surface area contributed by atoms with Crippen LogP contribution in [-0.2, 0) is 32.0 Å². The Labute approximate surface area is 169 Å². The monoisotopic (exact) mass is 389 g/mol. The highest BCUT2D eigenvalue weighted by atomic mass is 16.5. The van der Waals surface area contributed by atoms with Crippen LogP contribution in [0, 0.1) is 0 Å². The molecule has 5 nitrogen and oxygen atoms in total. The van der Waals surface area contributed by atoms with E-state index in [4.69, 9.17) is 4.74 Å². The summed E-state index contributed by atoms with van der Waals surface area (Å²) in [6.07, 6.45) is 0.477. The van der Waals surface area contributed by atoms with Crippen molar-refractivity contribution in [2.45, 2.75) is 25.8 Å². The van der Waals surface area contributed by atoms with Gasteiger partial charge in [-0.2, -0.15) is 0 Å². The molecule has 0 saturated carbocycles. The molecule has 1 amide bonds. The summed E-state index contributed by atoms with van der Waals surface area (Å²) >= 11 is 0. The second kappa shape index (κ2) is 9.64. The second-order valence-corrected chi connectivity index (χ2v) is 6.94. The zero-order chi connectivity index (χ0) is 20.6. The summed E-state index contributed by atoms with van der Waals surface area (Å²) in [6.45, 7) is 1.02. The zero-order valence-electron chi connectivity index (χ0n) is 16.3. The van der Waals surface area contributed by atoms with Crippen molar-refractivity contribution in [3.8, 4) is 0 Å². The molecule has 3 rings (SSSR count). The largest absolute Gasteiger partial charge is 0.455 e. The van der Waals surface area contributed by atoms with Crippen LogP contribution < -0.4 is 5.32 Å². The fraction of sp³-hybridized carbons (Fsp3) is 0.208. The quantitative estimate of drug-likeness (QED) is 0.601. The van der Waals surface area contributed by atoms with Gasteiger partial charge in [0.2, 0.25) is 0 Å². The molecule has 0 saturated heterocycles. The lowest BCUT2D eigenvalue weighted by Crippen LogP contribution is -2.43. The molecule has 29 heavy (non-hydrogen) atoms.